The molecule has 2 aliphatic rings. The summed E-state index contributed by atoms with van der Waals surface area (Å²) in [6, 6.07) is 12.3. The molecule has 0 saturated carbocycles. The van der Waals surface area contributed by atoms with Crippen molar-refractivity contribution in [2.75, 3.05) is 50.4 Å². The van der Waals surface area contributed by atoms with Gasteiger partial charge in [0.2, 0.25) is 18.4 Å². The SMILES string of the molecule is COc1ccc(C(=O)NNc2ncnc(N3CCN(Cc4ccc5c(c4)OCO5)CC3)c2[N+](=O)[O-])cc1. The summed E-state index contributed by atoms with van der Waals surface area (Å²) in [5, 5.41) is 12.0. The molecule has 2 aromatic carbocycles. The lowest BCUT2D eigenvalue weighted by Crippen LogP contribution is -2.46. The average molecular weight is 508 g/mol. The number of piperazine rings is 1. The van der Waals surface area contributed by atoms with Crippen molar-refractivity contribution >= 4 is 23.2 Å². The third kappa shape index (κ3) is 5.30. The molecule has 2 aliphatic heterocycles. The first-order valence-corrected chi connectivity index (χ1v) is 11.6. The van der Waals surface area contributed by atoms with Crippen molar-refractivity contribution in [3.63, 3.8) is 0 Å². The number of hydrazine groups is 1. The van der Waals surface area contributed by atoms with Gasteiger partial charge in [-0.25, -0.2) is 9.97 Å². The number of rotatable bonds is 8. The molecule has 1 amide bonds. The summed E-state index contributed by atoms with van der Waals surface area (Å²) in [4.78, 5) is 36.2. The van der Waals surface area contributed by atoms with Crippen LogP contribution in [0.5, 0.6) is 17.2 Å². The van der Waals surface area contributed by atoms with Crippen LogP contribution in [0, 0.1) is 10.1 Å². The minimum absolute atomic E-state index is 0.0975. The number of anilines is 2. The van der Waals surface area contributed by atoms with Crippen molar-refractivity contribution in [1.29, 1.82) is 0 Å². The zero-order valence-corrected chi connectivity index (χ0v) is 20.0. The van der Waals surface area contributed by atoms with Gasteiger partial charge in [-0.15, -0.1) is 0 Å². The van der Waals surface area contributed by atoms with E-state index in [0.29, 0.717) is 37.5 Å². The van der Waals surface area contributed by atoms with Gasteiger partial charge in [0, 0.05) is 38.3 Å². The zero-order valence-electron chi connectivity index (χ0n) is 20.0. The number of hydrogen-bond donors (Lipinski definition) is 2. The largest absolute Gasteiger partial charge is 0.497 e. The summed E-state index contributed by atoms with van der Waals surface area (Å²) in [7, 11) is 1.53. The van der Waals surface area contributed by atoms with Gasteiger partial charge in [-0.05, 0) is 42.0 Å². The van der Waals surface area contributed by atoms with E-state index in [1.165, 1.54) is 13.4 Å². The number of amides is 1. The molecule has 0 aliphatic carbocycles. The molecule has 3 heterocycles. The molecule has 0 atom stereocenters. The van der Waals surface area contributed by atoms with Crippen LogP contribution >= 0.6 is 0 Å². The molecule has 0 spiro atoms. The monoisotopic (exact) mass is 507 g/mol. The van der Waals surface area contributed by atoms with Gasteiger partial charge < -0.3 is 19.1 Å². The van der Waals surface area contributed by atoms with Gasteiger partial charge >= 0.3 is 5.69 Å². The number of carbonyl (C=O) groups is 1. The molecule has 1 saturated heterocycles. The highest BCUT2D eigenvalue weighted by atomic mass is 16.7. The van der Waals surface area contributed by atoms with Crippen LogP contribution in [-0.2, 0) is 6.54 Å². The van der Waals surface area contributed by atoms with E-state index >= 15 is 0 Å². The zero-order chi connectivity index (χ0) is 25.8. The number of ether oxygens (including phenoxy) is 3. The van der Waals surface area contributed by atoms with Gasteiger partial charge in [0.25, 0.3) is 5.91 Å². The number of aromatic nitrogens is 2. The number of carbonyl (C=O) groups excluding carboxylic acids is 1. The van der Waals surface area contributed by atoms with Crippen LogP contribution in [0.25, 0.3) is 0 Å². The molecule has 0 unspecified atom stereocenters. The first-order chi connectivity index (χ1) is 18.0. The van der Waals surface area contributed by atoms with Crippen molar-refractivity contribution in [2.24, 2.45) is 0 Å². The number of nitro groups is 1. The summed E-state index contributed by atoms with van der Waals surface area (Å²) in [5.74, 6) is 1.72. The number of nitrogens with one attached hydrogen (secondary N) is 2. The Hall–Kier alpha value is -4.65. The fourth-order valence-electron chi connectivity index (χ4n) is 4.21. The first-order valence-electron chi connectivity index (χ1n) is 11.6. The summed E-state index contributed by atoms with van der Waals surface area (Å²) < 4.78 is 15.9. The molecule has 0 bridgehead atoms. The third-order valence-corrected chi connectivity index (χ3v) is 6.15. The molecular formula is C24H25N7O6. The molecule has 0 radical (unpaired) electrons. The highest BCUT2D eigenvalue weighted by molar-refractivity contribution is 5.95. The highest BCUT2D eigenvalue weighted by Gasteiger charge is 2.29. The standard InChI is InChI=1S/C24H25N7O6/c1-35-18-5-3-17(4-6-18)24(32)28-27-22-21(31(33)34)23(26-14-25-22)30-10-8-29(9-11-30)13-16-2-7-19-20(12-16)37-15-36-19/h2-7,12,14H,8-11,13,15H2,1H3,(H,28,32)(H,25,26,27). The van der Waals surface area contributed by atoms with E-state index in [4.69, 9.17) is 14.2 Å². The third-order valence-electron chi connectivity index (χ3n) is 6.15. The van der Waals surface area contributed by atoms with Crippen LogP contribution < -0.4 is 30.0 Å². The van der Waals surface area contributed by atoms with Crippen LogP contribution in [0.1, 0.15) is 15.9 Å². The number of methoxy groups -OCH3 is 1. The first kappa shape index (κ1) is 24.1. The normalized spacial score (nSPS) is 14.8. The van der Waals surface area contributed by atoms with Crippen LogP contribution in [0.2, 0.25) is 0 Å². The Labute approximate surface area is 212 Å². The van der Waals surface area contributed by atoms with Gasteiger partial charge in [0.1, 0.15) is 12.1 Å². The van der Waals surface area contributed by atoms with E-state index in [0.717, 1.165) is 23.6 Å². The molecule has 37 heavy (non-hydrogen) atoms. The summed E-state index contributed by atoms with van der Waals surface area (Å²) in [6.45, 7) is 3.41. The van der Waals surface area contributed by atoms with Crippen LogP contribution in [-0.4, -0.2) is 65.8 Å². The fraction of sp³-hybridized carbons (Fsp3) is 0.292. The Balaban J connectivity index is 1.23. The van der Waals surface area contributed by atoms with Crippen molar-refractivity contribution in [3.05, 3.63) is 70.0 Å². The Morgan fingerprint density at radius 3 is 2.57 bits per heavy atom. The van der Waals surface area contributed by atoms with E-state index in [-0.39, 0.29) is 24.1 Å². The number of nitrogens with zero attached hydrogens (tertiary/aromatic N) is 5. The van der Waals surface area contributed by atoms with E-state index in [9.17, 15) is 14.9 Å². The summed E-state index contributed by atoms with van der Waals surface area (Å²) in [5.41, 5.74) is 6.19. The second-order valence-corrected chi connectivity index (χ2v) is 8.41. The van der Waals surface area contributed by atoms with Crippen LogP contribution in [0.3, 0.4) is 0 Å². The number of benzene rings is 2. The average Bonchev–Trinajstić information content (AvgIpc) is 3.40. The van der Waals surface area contributed by atoms with E-state index in [1.807, 2.05) is 23.1 Å². The minimum atomic E-state index is -0.545. The molecule has 5 rings (SSSR count). The summed E-state index contributed by atoms with van der Waals surface area (Å²) >= 11 is 0. The van der Waals surface area contributed by atoms with E-state index in [2.05, 4.69) is 25.7 Å². The van der Waals surface area contributed by atoms with Gasteiger partial charge in [-0.1, -0.05) is 6.07 Å². The van der Waals surface area contributed by atoms with Gasteiger partial charge in [0.15, 0.2) is 11.5 Å². The lowest BCUT2D eigenvalue weighted by molar-refractivity contribution is -0.383. The topological polar surface area (TPSA) is 144 Å². The van der Waals surface area contributed by atoms with Gasteiger partial charge in [-0.2, -0.15) is 0 Å². The maximum absolute atomic E-state index is 12.5. The van der Waals surface area contributed by atoms with Crippen molar-refractivity contribution in [1.82, 2.24) is 20.3 Å². The Bertz CT molecular complexity index is 1300. The Kier molecular flexibility index (Phi) is 6.85. The second kappa shape index (κ2) is 10.5. The maximum atomic E-state index is 12.5. The predicted octanol–water partition coefficient (Wildman–Crippen LogP) is 2.20. The van der Waals surface area contributed by atoms with Gasteiger partial charge in [-0.3, -0.25) is 30.7 Å². The molecule has 3 aromatic rings. The molecular weight excluding hydrogens is 482 g/mol. The highest BCUT2D eigenvalue weighted by Crippen LogP contribution is 2.34. The molecule has 1 aromatic heterocycles. The smallest absolute Gasteiger partial charge is 0.355 e. The Morgan fingerprint density at radius 1 is 1.08 bits per heavy atom. The maximum Gasteiger partial charge on any atom is 0.355 e. The molecule has 13 heteroatoms. The fourth-order valence-corrected chi connectivity index (χ4v) is 4.21. The van der Waals surface area contributed by atoms with E-state index in [1.54, 1.807) is 24.3 Å². The van der Waals surface area contributed by atoms with E-state index < -0.39 is 10.8 Å². The van der Waals surface area contributed by atoms with Crippen molar-refractivity contribution in [2.45, 2.75) is 6.54 Å². The predicted molar refractivity (Wildman–Crippen MR) is 133 cm³/mol. The van der Waals surface area contributed by atoms with Crippen LogP contribution in [0.15, 0.2) is 48.8 Å². The molecule has 2 N–H and O–H groups in total. The Morgan fingerprint density at radius 2 is 1.84 bits per heavy atom. The van der Waals surface area contributed by atoms with Gasteiger partial charge in [0.05, 0.1) is 12.0 Å². The summed E-state index contributed by atoms with van der Waals surface area (Å²) in [6.07, 6.45) is 1.24. The van der Waals surface area contributed by atoms with Crippen LogP contribution in [0.4, 0.5) is 17.3 Å². The quantitative estimate of drug-likeness (QED) is 0.342. The lowest BCUT2D eigenvalue weighted by Gasteiger charge is -2.35. The van der Waals surface area contributed by atoms with Crippen molar-refractivity contribution in [3.8, 4) is 17.2 Å². The second-order valence-electron chi connectivity index (χ2n) is 8.41. The van der Waals surface area contributed by atoms with Crippen molar-refractivity contribution < 1.29 is 23.9 Å². The lowest BCUT2D eigenvalue weighted by atomic mass is 10.1. The number of fused-ring (bicyclic) bond motifs is 1. The molecule has 192 valence electrons. The minimum Gasteiger partial charge on any atom is -0.497 e. The number of hydrogen-bond acceptors (Lipinski definition) is 11. The molecule has 1 fully saturated rings. The molecule has 13 nitrogen and oxygen atoms in total.